The summed E-state index contributed by atoms with van der Waals surface area (Å²) in [5.74, 6) is -0.850. The number of benzene rings is 1. The fourth-order valence-corrected chi connectivity index (χ4v) is 2.59. The molecule has 0 radical (unpaired) electrons. The summed E-state index contributed by atoms with van der Waals surface area (Å²) in [4.78, 5) is 10.8. The Hall–Kier alpha value is -0.970. The lowest BCUT2D eigenvalue weighted by molar-refractivity contribution is -0.137. The number of halogens is 3. The average Bonchev–Trinajstić information content (AvgIpc) is 2.97. The zero-order chi connectivity index (χ0) is 12.6. The van der Waals surface area contributed by atoms with E-state index in [1.54, 1.807) is 12.1 Å². The second-order valence-electron chi connectivity index (χ2n) is 4.39. The molecule has 0 amide bonds. The Morgan fingerprint density at radius 3 is 2.53 bits per heavy atom. The topological polar surface area (TPSA) is 37.3 Å². The Morgan fingerprint density at radius 1 is 1.47 bits per heavy atom. The van der Waals surface area contributed by atoms with E-state index in [-0.39, 0.29) is 17.4 Å². The summed E-state index contributed by atoms with van der Waals surface area (Å²) in [6, 6.07) is 4.60. The van der Waals surface area contributed by atoms with Gasteiger partial charge in [0.25, 0.3) is 6.43 Å². The van der Waals surface area contributed by atoms with E-state index in [9.17, 15) is 13.6 Å². The molecule has 2 rings (SSSR count). The number of rotatable bonds is 4. The molecule has 0 aliphatic heterocycles. The fourth-order valence-electron chi connectivity index (χ4n) is 2.04. The lowest BCUT2D eigenvalue weighted by atomic mass is 9.92. The zero-order valence-electron chi connectivity index (χ0n) is 8.92. The molecular formula is C12H11BrF2O2. The third-order valence-electron chi connectivity index (χ3n) is 3.19. The monoisotopic (exact) mass is 304 g/mol. The molecule has 2 nitrogen and oxygen atoms in total. The molecule has 0 bridgehead atoms. The van der Waals surface area contributed by atoms with Gasteiger partial charge in [-0.25, -0.2) is 8.78 Å². The highest BCUT2D eigenvalue weighted by Crippen LogP contribution is 2.51. The molecule has 1 aromatic rings. The second kappa shape index (κ2) is 4.37. The third kappa shape index (κ3) is 2.49. The van der Waals surface area contributed by atoms with Crippen LogP contribution in [0.4, 0.5) is 8.78 Å². The smallest absolute Gasteiger partial charge is 0.304 e. The Labute approximate surface area is 106 Å². The van der Waals surface area contributed by atoms with Crippen LogP contribution in [0.15, 0.2) is 22.7 Å². The highest BCUT2D eigenvalue weighted by atomic mass is 79.9. The standard InChI is InChI=1S/C12H11BrF2O2/c13-9-5-7(1-2-8(9)11(14)15)12(3-4-12)6-10(16)17/h1-2,5,11H,3-4,6H2,(H,16,17). The van der Waals surface area contributed by atoms with Gasteiger partial charge in [0.1, 0.15) is 0 Å². The second-order valence-corrected chi connectivity index (χ2v) is 5.24. The van der Waals surface area contributed by atoms with Gasteiger partial charge in [-0.2, -0.15) is 0 Å². The molecule has 0 spiro atoms. The Bertz CT molecular complexity index is 456. The van der Waals surface area contributed by atoms with E-state index < -0.39 is 12.4 Å². The summed E-state index contributed by atoms with van der Waals surface area (Å²) < 4.78 is 25.5. The zero-order valence-corrected chi connectivity index (χ0v) is 10.5. The molecule has 0 unspecified atom stereocenters. The molecular weight excluding hydrogens is 294 g/mol. The van der Waals surface area contributed by atoms with Gasteiger partial charge in [0, 0.05) is 15.5 Å². The summed E-state index contributed by atoms with van der Waals surface area (Å²) in [7, 11) is 0. The summed E-state index contributed by atoms with van der Waals surface area (Å²) in [6.07, 6.45) is -0.847. The maximum atomic E-state index is 12.6. The highest BCUT2D eigenvalue weighted by Gasteiger charge is 2.46. The van der Waals surface area contributed by atoms with Crippen molar-refractivity contribution in [2.75, 3.05) is 0 Å². The Morgan fingerprint density at radius 2 is 2.12 bits per heavy atom. The first-order valence-electron chi connectivity index (χ1n) is 5.24. The van der Waals surface area contributed by atoms with Crippen molar-refractivity contribution in [2.24, 2.45) is 0 Å². The molecule has 17 heavy (non-hydrogen) atoms. The van der Waals surface area contributed by atoms with Gasteiger partial charge in [0.15, 0.2) is 0 Å². The first-order chi connectivity index (χ1) is 7.94. The Kier molecular flexibility index (Phi) is 3.21. The molecule has 1 saturated carbocycles. The number of hydrogen-bond acceptors (Lipinski definition) is 1. The van der Waals surface area contributed by atoms with Crippen molar-refractivity contribution >= 4 is 21.9 Å². The van der Waals surface area contributed by atoms with Gasteiger partial charge in [-0.3, -0.25) is 4.79 Å². The lowest BCUT2D eigenvalue weighted by Gasteiger charge is -2.14. The van der Waals surface area contributed by atoms with E-state index >= 15 is 0 Å². The van der Waals surface area contributed by atoms with Crippen molar-refractivity contribution < 1.29 is 18.7 Å². The molecule has 5 heteroatoms. The minimum Gasteiger partial charge on any atom is -0.481 e. The largest absolute Gasteiger partial charge is 0.481 e. The molecule has 0 heterocycles. The summed E-state index contributed by atoms with van der Waals surface area (Å²) in [6.45, 7) is 0. The van der Waals surface area contributed by atoms with E-state index in [0.29, 0.717) is 4.47 Å². The molecule has 1 fully saturated rings. The lowest BCUT2D eigenvalue weighted by Crippen LogP contribution is -2.13. The van der Waals surface area contributed by atoms with Gasteiger partial charge in [0.2, 0.25) is 0 Å². The molecule has 0 atom stereocenters. The van der Waals surface area contributed by atoms with E-state index in [2.05, 4.69) is 15.9 Å². The SMILES string of the molecule is O=C(O)CC1(c2ccc(C(F)F)c(Br)c2)CC1. The van der Waals surface area contributed by atoms with Crippen molar-refractivity contribution in [1.82, 2.24) is 0 Å². The molecule has 92 valence electrons. The first-order valence-corrected chi connectivity index (χ1v) is 6.04. The van der Waals surface area contributed by atoms with Crippen molar-refractivity contribution in [3.63, 3.8) is 0 Å². The van der Waals surface area contributed by atoms with Crippen molar-refractivity contribution in [1.29, 1.82) is 0 Å². The van der Waals surface area contributed by atoms with Crippen LogP contribution in [0.3, 0.4) is 0 Å². The van der Waals surface area contributed by atoms with Crippen LogP contribution in [0.5, 0.6) is 0 Å². The number of carboxylic acid groups (broad SMARTS) is 1. The van der Waals surface area contributed by atoms with Crippen LogP contribution < -0.4 is 0 Å². The minimum atomic E-state index is -2.52. The van der Waals surface area contributed by atoms with E-state index in [1.165, 1.54) is 6.07 Å². The average molecular weight is 305 g/mol. The number of carboxylic acids is 1. The number of hydrogen-bond donors (Lipinski definition) is 1. The predicted molar refractivity (Wildman–Crippen MR) is 62.3 cm³/mol. The van der Waals surface area contributed by atoms with Crippen LogP contribution in [-0.4, -0.2) is 11.1 Å². The molecule has 0 saturated heterocycles. The van der Waals surface area contributed by atoms with Crippen LogP contribution in [-0.2, 0) is 10.2 Å². The highest BCUT2D eigenvalue weighted by molar-refractivity contribution is 9.10. The van der Waals surface area contributed by atoms with Gasteiger partial charge in [-0.15, -0.1) is 0 Å². The maximum Gasteiger partial charge on any atom is 0.304 e. The van der Waals surface area contributed by atoms with Crippen LogP contribution >= 0.6 is 15.9 Å². The van der Waals surface area contributed by atoms with E-state index in [1.807, 2.05) is 0 Å². The number of alkyl halides is 2. The van der Waals surface area contributed by atoms with Crippen molar-refractivity contribution in [3.05, 3.63) is 33.8 Å². The number of carbonyl (C=O) groups is 1. The minimum absolute atomic E-state index is 0.0557. The Balaban J connectivity index is 2.29. The van der Waals surface area contributed by atoms with Gasteiger partial charge in [-0.05, 0) is 24.5 Å². The summed E-state index contributed by atoms with van der Waals surface area (Å²) >= 11 is 3.11. The van der Waals surface area contributed by atoms with Crippen molar-refractivity contribution in [3.8, 4) is 0 Å². The van der Waals surface area contributed by atoms with Crippen LogP contribution in [0.2, 0.25) is 0 Å². The summed E-state index contributed by atoms with van der Waals surface area (Å²) in [5, 5.41) is 8.83. The summed E-state index contributed by atoms with van der Waals surface area (Å²) in [5.41, 5.74) is 0.436. The van der Waals surface area contributed by atoms with E-state index in [4.69, 9.17) is 5.11 Å². The normalized spacial score (nSPS) is 17.2. The van der Waals surface area contributed by atoms with Gasteiger partial charge < -0.3 is 5.11 Å². The molecule has 1 aromatic carbocycles. The first kappa shape index (κ1) is 12.5. The van der Waals surface area contributed by atoms with Gasteiger partial charge >= 0.3 is 5.97 Å². The molecule has 1 aliphatic carbocycles. The maximum absolute atomic E-state index is 12.6. The van der Waals surface area contributed by atoms with E-state index in [0.717, 1.165) is 18.4 Å². The van der Waals surface area contributed by atoms with Gasteiger partial charge in [-0.1, -0.05) is 28.1 Å². The fraction of sp³-hybridized carbons (Fsp3) is 0.417. The predicted octanol–water partition coefficient (Wildman–Crippen LogP) is 3.89. The van der Waals surface area contributed by atoms with Crippen molar-refractivity contribution in [2.45, 2.75) is 31.1 Å². The number of aliphatic carboxylic acids is 1. The van der Waals surface area contributed by atoms with Crippen LogP contribution in [0.25, 0.3) is 0 Å². The van der Waals surface area contributed by atoms with Gasteiger partial charge in [0.05, 0.1) is 6.42 Å². The van der Waals surface area contributed by atoms with Crippen LogP contribution in [0, 0.1) is 0 Å². The van der Waals surface area contributed by atoms with Crippen LogP contribution in [0.1, 0.15) is 36.8 Å². The molecule has 1 aliphatic rings. The molecule has 1 N–H and O–H groups in total. The quantitative estimate of drug-likeness (QED) is 0.916. The molecule has 0 aromatic heterocycles. The third-order valence-corrected chi connectivity index (χ3v) is 3.88.